The molecule has 0 radical (unpaired) electrons. The first-order chi connectivity index (χ1) is 15.8. The van der Waals surface area contributed by atoms with E-state index in [0.717, 1.165) is 73.9 Å². The molecule has 2 atom stereocenters. The summed E-state index contributed by atoms with van der Waals surface area (Å²) in [6.07, 6.45) is 14.1. The smallest absolute Gasteiger partial charge is 0.157 e. The highest BCUT2D eigenvalue weighted by molar-refractivity contribution is 5.90. The molecule has 2 aliphatic heterocycles. The van der Waals surface area contributed by atoms with Gasteiger partial charge in [-0.2, -0.15) is 10.2 Å². The zero-order valence-corrected chi connectivity index (χ0v) is 18.2. The third kappa shape index (κ3) is 4.87. The fraction of sp³-hybridized carbons (Fsp3) is 0.500. The number of rotatable bonds is 7. The minimum atomic E-state index is -0.0772. The van der Waals surface area contributed by atoms with Gasteiger partial charge in [-0.1, -0.05) is 0 Å². The van der Waals surface area contributed by atoms with E-state index in [4.69, 9.17) is 19.3 Å². The molecule has 1 N–H and O–H groups in total. The number of phenols is 1. The Labute approximate surface area is 187 Å². The van der Waals surface area contributed by atoms with E-state index >= 15 is 0 Å². The van der Waals surface area contributed by atoms with Crippen LogP contribution in [0.5, 0.6) is 5.75 Å². The molecule has 2 saturated heterocycles. The van der Waals surface area contributed by atoms with Crippen molar-refractivity contribution in [2.24, 2.45) is 0 Å². The van der Waals surface area contributed by atoms with Crippen molar-refractivity contribution >= 4 is 23.1 Å². The van der Waals surface area contributed by atoms with E-state index in [1.807, 2.05) is 40.0 Å². The van der Waals surface area contributed by atoms with Gasteiger partial charge in [0, 0.05) is 30.4 Å². The van der Waals surface area contributed by atoms with Crippen molar-refractivity contribution in [2.45, 2.75) is 57.6 Å². The predicted octanol–water partition coefficient (Wildman–Crippen LogP) is 4.35. The van der Waals surface area contributed by atoms with E-state index < -0.39 is 0 Å². The molecule has 0 saturated carbocycles. The molecule has 2 fully saturated rings. The first-order valence-corrected chi connectivity index (χ1v) is 11.5. The van der Waals surface area contributed by atoms with Crippen LogP contribution in [0.2, 0.25) is 0 Å². The second-order valence-electron chi connectivity index (χ2n) is 8.39. The third-order valence-corrected chi connectivity index (χ3v) is 6.00. The Balaban J connectivity index is 1.28. The summed E-state index contributed by atoms with van der Waals surface area (Å²) in [5, 5.41) is 20.2. The normalized spacial score (nSPS) is 22.1. The molecular weight excluding hydrogens is 408 g/mol. The van der Waals surface area contributed by atoms with Crippen molar-refractivity contribution in [2.75, 3.05) is 19.8 Å². The van der Waals surface area contributed by atoms with Gasteiger partial charge in [-0.15, -0.1) is 0 Å². The Kier molecular flexibility index (Phi) is 6.52. The van der Waals surface area contributed by atoms with E-state index in [9.17, 15) is 5.11 Å². The first kappa shape index (κ1) is 21.2. The van der Waals surface area contributed by atoms with Gasteiger partial charge in [-0.05, 0) is 68.9 Å². The van der Waals surface area contributed by atoms with Crippen LogP contribution >= 0.6 is 0 Å². The second-order valence-corrected chi connectivity index (χ2v) is 8.39. The number of benzene rings is 1. The molecule has 8 nitrogen and oxygen atoms in total. The van der Waals surface area contributed by atoms with E-state index in [0.29, 0.717) is 13.2 Å². The Hall–Kier alpha value is -2.68. The van der Waals surface area contributed by atoms with Crippen LogP contribution in [-0.4, -0.2) is 50.8 Å². The average molecular weight is 439 g/mol. The van der Waals surface area contributed by atoms with Gasteiger partial charge in [0.1, 0.15) is 5.75 Å². The van der Waals surface area contributed by atoms with Gasteiger partial charge in [-0.3, -0.25) is 4.68 Å². The Bertz CT molecular complexity index is 1060. The maximum absolute atomic E-state index is 10.0. The summed E-state index contributed by atoms with van der Waals surface area (Å²) in [4.78, 5) is 0. The molecule has 2 aromatic heterocycles. The van der Waals surface area contributed by atoms with Crippen LogP contribution in [0, 0.1) is 0 Å². The maximum Gasteiger partial charge on any atom is 0.157 e. The molecule has 4 heterocycles. The number of aromatic hydroxyl groups is 1. The lowest BCUT2D eigenvalue weighted by atomic mass is 10.1. The van der Waals surface area contributed by atoms with Gasteiger partial charge in [0.05, 0.1) is 30.6 Å². The SMILES string of the molecule is Oc1ccc2c(c1)c(/C=C/c1cnn(CCO[C@@H]3CCCCO3)c1)nn2[C@@H]1CCCCO1. The zero-order chi connectivity index (χ0) is 21.8. The number of hydrogen-bond acceptors (Lipinski definition) is 6. The van der Waals surface area contributed by atoms with Crippen molar-refractivity contribution in [1.29, 1.82) is 0 Å². The fourth-order valence-corrected chi connectivity index (χ4v) is 4.30. The molecule has 3 aromatic rings. The lowest BCUT2D eigenvalue weighted by Crippen LogP contribution is -2.24. The summed E-state index contributed by atoms with van der Waals surface area (Å²) in [5.41, 5.74) is 2.75. The Morgan fingerprint density at radius 1 is 1.09 bits per heavy atom. The summed E-state index contributed by atoms with van der Waals surface area (Å²) in [6.45, 7) is 2.80. The van der Waals surface area contributed by atoms with E-state index in [2.05, 4.69) is 5.10 Å². The van der Waals surface area contributed by atoms with Crippen molar-refractivity contribution < 1.29 is 19.3 Å². The van der Waals surface area contributed by atoms with Gasteiger partial charge < -0.3 is 19.3 Å². The van der Waals surface area contributed by atoms with Crippen LogP contribution < -0.4 is 0 Å². The van der Waals surface area contributed by atoms with E-state index in [-0.39, 0.29) is 18.3 Å². The van der Waals surface area contributed by atoms with Crippen LogP contribution in [0.25, 0.3) is 23.1 Å². The standard InChI is InChI=1S/C24H30N4O4/c29-19-8-10-22-20(15-19)21(26-28(22)23-5-1-3-12-30-23)9-7-18-16-25-27(17-18)11-14-32-24-6-2-4-13-31-24/h7-10,15-17,23-24,29H,1-6,11-14H2/b9-7+/t23-,24+/m0/s1. The number of ether oxygens (including phenoxy) is 3. The maximum atomic E-state index is 10.0. The van der Waals surface area contributed by atoms with Crippen LogP contribution in [0.4, 0.5) is 0 Å². The number of hydrogen-bond donors (Lipinski definition) is 1. The largest absolute Gasteiger partial charge is 0.508 e. The number of aromatic nitrogens is 4. The molecular formula is C24H30N4O4. The number of nitrogens with zero attached hydrogens (tertiary/aromatic N) is 4. The minimum Gasteiger partial charge on any atom is -0.508 e. The lowest BCUT2D eigenvalue weighted by Gasteiger charge is -2.23. The molecule has 0 bridgehead atoms. The molecule has 1 aromatic carbocycles. The van der Waals surface area contributed by atoms with Crippen LogP contribution in [0.1, 0.15) is 56.0 Å². The van der Waals surface area contributed by atoms with Crippen LogP contribution in [0.3, 0.4) is 0 Å². The average Bonchev–Trinajstić information content (AvgIpc) is 3.43. The highest BCUT2D eigenvalue weighted by Crippen LogP contribution is 2.30. The molecule has 170 valence electrons. The molecule has 8 heteroatoms. The van der Waals surface area contributed by atoms with Crippen molar-refractivity contribution in [3.63, 3.8) is 0 Å². The molecule has 32 heavy (non-hydrogen) atoms. The summed E-state index contributed by atoms with van der Waals surface area (Å²) in [7, 11) is 0. The summed E-state index contributed by atoms with van der Waals surface area (Å²) < 4.78 is 21.2. The highest BCUT2D eigenvalue weighted by Gasteiger charge is 2.20. The predicted molar refractivity (Wildman–Crippen MR) is 121 cm³/mol. The minimum absolute atomic E-state index is 0.0613. The first-order valence-electron chi connectivity index (χ1n) is 11.5. The topological polar surface area (TPSA) is 83.6 Å². The van der Waals surface area contributed by atoms with Crippen LogP contribution in [-0.2, 0) is 20.8 Å². The molecule has 0 unspecified atom stereocenters. The van der Waals surface area contributed by atoms with Gasteiger partial charge >= 0.3 is 0 Å². The Morgan fingerprint density at radius 3 is 2.78 bits per heavy atom. The summed E-state index contributed by atoms with van der Waals surface area (Å²) in [6, 6.07) is 5.36. The van der Waals surface area contributed by atoms with E-state index in [1.165, 1.54) is 0 Å². The Morgan fingerprint density at radius 2 is 1.97 bits per heavy atom. The van der Waals surface area contributed by atoms with Crippen molar-refractivity contribution in [1.82, 2.24) is 19.6 Å². The van der Waals surface area contributed by atoms with Gasteiger partial charge in [0.2, 0.25) is 0 Å². The van der Waals surface area contributed by atoms with Gasteiger partial charge in [0.15, 0.2) is 12.5 Å². The molecule has 0 aliphatic carbocycles. The molecule has 0 spiro atoms. The zero-order valence-electron chi connectivity index (χ0n) is 18.2. The number of fused-ring (bicyclic) bond motifs is 1. The second kappa shape index (κ2) is 9.85. The highest BCUT2D eigenvalue weighted by atomic mass is 16.7. The third-order valence-electron chi connectivity index (χ3n) is 6.00. The van der Waals surface area contributed by atoms with Gasteiger partial charge in [0.25, 0.3) is 0 Å². The van der Waals surface area contributed by atoms with E-state index in [1.54, 1.807) is 12.1 Å². The molecule has 5 rings (SSSR count). The molecule has 2 aliphatic rings. The van der Waals surface area contributed by atoms with Crippen molar-refractivity contribution in [3.05, 3.63) is 41.9 Å². The molecule has 0 amide bonds. The van der Waals surface area contributed by atoms with Gasteiger partial charge in [-0.25, -0.2) is 4.68 Å². The monoisotopic (exact) mass is 438 g/mol. The van der Waals surface area contributed by atoms with Crippen LogP contribution in [0.15, 0.2) is 30.6 Å². The lowest BCUT2D eigenvalue weighted by molar-refractivity contribution is -0.163. The summed E-state index contributed by atoms with van der Waals surface area (Å²) >= 11 is 0. The fourth-order valence-electron chi connectivity index (χ4n) is 4.30. The number of phenolic OH excluding ortho intramolecular Hbond substituents is 1. The van der Waals surface area contributed by atoms with Crippen molar-refractivity contribution in [3.8, 4) is 5.75 Å². The quantitative estimate of drug-likeness (QED) is 0.590. The summed E-state index contributed by atoms with van der Waals surface area (Å²) in [5.74, 6) is 0.228.